The third kappa shape index (κ3) is 2.58. The highest BCUT2D eigenvalue weighted by Gasteiger charge is 2.19. The van der Waals surface area contributed by atoms with E-state index >= 15 is 0 Å². The molecule has 0 saturated heterocycles. The number of aromatic nitrogens is 4. The minimum atomic E-state index is -0.175. The van der Waals surface area contributed by atoms with Crippen molar-refractivity contribution in [3.63, 3.8) is 0 Å². The van der Waals surface area contributed by atoms with Crippen LogP contribution in [0.3, 0.4) is 0 Å². The number of carbonyl (C=O) groups excluding carboxylic acids is 1. The lowest BCUT2D eigenvalue weighted by molar-refractivity contribution is 0.102. The summed E-state index contributed by atoms with van der Waals surface area (Å²) < 4.78 is 2.29. The molecule has 0 fully saturated rings. The first-order chi connectivity index (χ1) is 10.2. The molecule has 0 aliphatic heterocycles. The number of aryl methyl sites for hydroxylation is 1. The summed E-state index contributed by atoms with van der Waals surface area (Å²) in [6, 6.07) is 9.60. The quantitative estimate of drug-likeness (QED) is 0.681. The van der Waals surface area contributed by atoms with Crippen LogP contribution < -0.4 is 0 Å². The molecule has 0 saturated carbocycles. The van der Waals surface area contributed by atoms with Gasteiger partial charge < -0.3 is 0 Å². The molecule has 21 heavy (non-hydrogen) atoms. The van der Waals surface area contributed by atoms with Crippen LogP contribution in [0.15, 0.2) is 41.0 Å². The standard InChI is InChI=1S/C15H13BrN4O/c1-2-7-20-13(9-17-19-20)15(21)14-11(16)8-10-5-3-4-6-12(10)18-14/h3-6,8-9H,2,7H2,1H3. The van der Waals surface area contributed by atoms with Crippen LogP contribution in [0.2, 0.25) is 0 Å². The van der Waals surface area contributed by atoms with Gasteiger partial charge in [-0.1, -0.05) is 30.3 Å². The first-order valence-corrected chi connectivity index (χ1v) is 7.48. The lowest BCUT2D eigenvalue weighted by atomic mass is 10.1. The highest BCUT2D eigenvalue weighted by molar-refractivity contribution is 9.10. The number of carbonyl (C=O) groups is 1. The molecular formula is C15H13BrN4O. The second-order valence-corrected chi connectivity index (χ2v) is 5.54. The van der Waals surface area contributed by atoms with E-state index in [1.807, 2.05) is 37.3 Å². The average Bonchev–Trinajstić information content (AvgIpc) is 2.94. The van der Waals surface area contributed by atoms with Gasteiger partial charge in [0.2, 0.25) is 5.78 Å². The molecule has 0 atom stereocenters. The van der Waals surface area contributed by atoms with Crippen molar-refractivity contribution >= 4 is 32.6 Å². The minimum Gasteiger partial charge on any atom is -0.285 e. The number of ketones is 1. The second kappa shape index (κ2) is 5.73. The maximum absolute atomic E-state index is 12.7. The van der Waals surface area contributed by atoms with Crippen molar-refractivity contribution in [2.24, 2.45) is 0 Å². The van der Waals surface area contributed by atoms with Crippen LogP contribution in [-0.2, 0) is 6.54 Å². The van der Waals surface area contributed by atoms with Crippen LogP contribution in [-0.4, -0.2) is 25.8 Å². The molecule has 0 aliphatic carbocycles. The van der Waals surface area contributed by atoms with Gasteiger partial charge in [-0.15, -0.1) is 5.10 Å². The summed E-state index contributed by atoms with van der Waals surface area (Å²) in [5.74, 6) is -0.175. The maximum atomic E-state index is 12.7. The molecular weight excluding hydrogens is 332 g/mol. The molecule has 0 amide bonds. The molecule has 6 heteroatoms. The predicted octanol–water partition coefficient (Wildman–Crippen LogP) is 3.23. The molecule has 0 N–H and O–H groups in total. The van der Waals surface area contributed by atoms with E-state index in [0.29, 0.717) is 22.4 Å². The average molecular weight is 345 g/mol. The third-order valence-electron chi connectivity index (χ3n) is 3.18. The van der Waals surface area contributed by atoms with Gasteiger partial charge in [-0.3, -0.25) is 4.79 Å². The molecule has 0 unspecified atom stereocenters. The first-order valence-electron chi connectivity index (χ1n) is 6.69. The van der Waals surface area contributed by atoms with Crippen LogP contribution in [0.5, 0.6) is 0 Å². The third-order valence-corrected chi connectivity index (χ3v) is 3.78. The molecule has 0 bridgehead atoms. The zero-order valence-electron chi connectivity index (χ0n) is 11.5. The molecule has 106 valence electrons. The Balaban J connectivity index is 2.08. The number of hydrogen-bond acceptors (Lipinski definition) is 4. The number of nitrogens with zero attached hydrogens (tertiary/aromatic N) is 4. The van der Waals surface area contributed by atoms with Crippen molar-refractivity contribution in [1.82, 2.24) is 20.0 Å². The van der Waals surface area contributed by atoms with Crippen molar-refractivity contribution in [2.45, 2.75) is 19.9 Å². The number of rotatable bonds is 4. The van der Waals surface area contributed by atoms with Gasteiger partial charge in [-0.2, -0.15) is 0 Å². The van der Waals surface area contributed by atoms with E-state index in [4.69, 9.17) is 0 Å². The molecule has 2 aromatic heterocycles. The van der Waals surface area contributed by atoms with E-state index in [2.05, 4.69) is 31.2 Å². The minimum absolute atomic E-state index is 0.175. The number of benzene rings is 1. The molecule has 3 aromatic rings. The Morgan fingerprint density at radius 3 is 2.95 bits per heavy atom. The predicted molar refractivity (Wildman–Crippen MR) is 83.2 cm³/mol. The van der Waals surface area contributed by atoms with Gasteiger partial charge >= 0.3 is 0 Å². The molecule has 1 aromatic carbocycles. The smallest absolute Gasteiger partial charge is 0.232 e. The normalized spacial score (nSPS) is 11.0. The zero-order valence-corrected chi connectivity index (χ0v) is 13.0. The van der Waals surface area contributed by atoms with Crippen molar-refractivity contribution in [3.8, 4) is 0 Å². The van der Waals surface area contributed by atoms with Gasteiger partial charge in [0.15, 0.2) is 0 Å². The Morgan fingerprint density at radius 1 is 1.33 bits per heavy atom. The Hall–Kier alpha value is -2.08. The number of halogens is 1. The number of hydrogen-bond donors (Lipinski definition) is 0. The van der Waals surface area contributed by atoms with Crippen LogP contribution in [0, 0.1) is 0 Å². The lowest BCUT2D eigenvalue weighted by Gasteiger charge is -2.06. The van der Waals surface area contributed by atoms with Crippen molar-refractivity contribution in [2.75, 3.05) is 0 Å². The summed E-state index contributed by atoms with van der Waals surface area (Å²) in [5, 5.41) is 8.76. The fourth-order valence-corrected chi connectivity index (χ4v) is 2.70. The second-order valence-electron chi connectivity index (χ2n) is 4.68. The van der Waals surface area contributed by atoms with Crippen molar-refractivity contribution in [1.29, 1.82) is 0 Å². The van der Waals surface area contributed by atoms with Gasteiger partial charge in [0.25, 0.3) is 0 Å². The molecule has 0 aliphatic rings. The van der Waals surface area contributed by atoms with Gasteiger partial charge in [0, 0.05) is 16.4 Å². The Bertz CT molecular complexity index is 812. The number of pyridine rings is 1. The molecule has 5 nitrogen and oxygen atoms in total. The van der Waals surface area contributed by atoms with E-state index in [-0.39, 0.29) is 5.78 Å². The Labute approximate surface area is 130 Å². The Morgan fingerprint density at radius 2 is 2.14 bits per heavy atom. The molecule has 3 rings (SSSR count). The number of para-hydroxylation sites is 1. The fourth-order valence-electron chi connectivity index (χ4n) is 2.18. The highest BCUT2D eigenvalue weighted by Crippen LogP contribution is 2.23. The summed E-state index contributed by atoms with van der Waals surface area (Å²) in [6.07, 6.45) is 2.37. The summed E-state index contributed by atoms with van der Waals surface area (Å²) in [7, 11) is 0. The van der Waals surface area contributed by atoms with E-state index in [9.17, 15) is 4.79 Å². The lowest BCUT2D eigenvalue weighted by Crippen LogP contribution is -2.13. The van der Waals surface area contributed by atoms with Crippen molar-refractivity contribution < 1.29 is 4.79 Å². The van der Waals surface area contributed by atoms with E-state index in [1.165, 1.54) is 6.20 Å². The summed E-state index contributed by atoms with van der Waals surface area (Å²) in [5.41, 5.74) is 1.63. The summed E-state index contributed by atoms with van der Waals surface area (Å²) in [6.45, 7) is 2.69. The van der Waals surface area contributed by atoms with Crippen molar-refractivity contribution in [3.05, 3.63) is 52.4 Å². The van der Waals surface area contributed by atoms with Crippen LogP contribution in [0.4, 0.5) is 0 Å². The van der Waals surface area contributed by atoms with E-state index in [0.717, 1.165) is 17.3 Å². The Kier molecular flexibility index (Phi) is 3.79. The number of fused-ring (bicyclic) bond motifs is 1. The molecule has 2 heterocycles. The van der Waals surface area contributed by atoms with Crippen LogP contribution in [0.1, 0.15) is 29.5 Å². The maximum Gasteiger partial charge on any atom is 0.232 e. The fraction of sp³-hybridized carbons (Fsp3) is 0.200. The molecule has 0 radical (unpaired) electrons. The van der Waals surface area contributed by atoms with Crippen LogP contribution in [0.25, 0.3) is 10.9 Å². The zero-order chi connectivity index (χ0) is 14.8. The summed E-state index contributed by atoms with van der Waals surface area (Å²) in [4.78, 5) is 17.1. The van der Waals surface area contributed by atoms with Gasteiger partial charge in [-0.25, -0.2) is 9.67 Å². The van der Waals surface area contributed by atoms with Gasteiger partial charge in [0.1, 0.15) is 11.4 Å². The van der Waals surface area contributed by atoms with E-state index < -0.39 is 0 Å². The van der Waals surface area contributed by atoms with Gasteiger partial charge in [-0.05, 0) is 34.5 Å². The highest BCUT2D eigenvalue weighted by atomic mass is 79.9. The van der Waals surface area contributed by atoms with Crippen LogP contribution >= 0.6 is 15.9 Å². The molecule has 0 spiro atoms. The largest absolute Gasteiger partial charge is 0.285 e. The topological polar surface area (TPSA) is 60.7 Å². The van der Waals surface area contributed by atoms with E-state index in [1.54, 1.807) is 4.68 Å². The SMILES string of the molecule is CCCn1nncc1C(=O)c1nc2ccccc2cc1Br. The monoisotopic (exact) mass is 344 g/mol. The van der Waals surface area contributed by atoms with Gasteiger partial charge in [0.05, 0.1) is 11.7 Å². The summed E-state index contributed by atoms with van der Waals surface area (Å²) >= 11 is 3.43. The first kappa shape index (κ1) is 13.9.